The molecule has 0 atom stereocenters. The Morgan fingerprint density at radius 1 is 1.09 bits per heavy atom. The van der Waals surface area contributed by atoms with E-state index in [-0.39, 0.29) is 5.91 Å². The topological polar surface area (TPSA) is 82.8 Å². The van der Waals surface area contributed by atoms with E-state index in [0.717, 1.165) is 0 Å². The lowest BCUT2D eigenvalue weighted by molar-refractivity contribution is 0.101. The third kappa shape index (κ3) is 4.37. The normalized spacial score (nSPS) is 10.2. The first-order valence-corrected chi connectivity index (χ1v) is 7.11. The monoisotopic (exact) mass is 316 g/mol. The van der Waals surface area contributed by atoms with Crippen LogP contribution in [0.5, 0.6) is 11.5 Å². The van der Waals surface area contributed by atoms with E-state index in [9.17, 15) is 4.79 Å². The average molecular weight is 316 g/mol. The summed E-state index contributed by atoms with van der Waals surface area (Å²) in [7, 11) is 3.12. The van der Waals surface area contributed by atoms with Crippen LogP contribution < -0.4 is 20.5 Å². The summed E-state index contributed by atoms with van der Waals surface area (Å²) < 4.78 is 15.8. The number of rotatable bonds is 7. The van der Waals surface area contributed by atoms with Crippen molar-refractivity contribution in [1.82, 2.24) is 0 Å². The molecule has 0 saturated heterocycles. The molecular weight excluding hydrogens is 296 g/mol. The quantitative estimate of drug-likeness (QED) is 0.606. The van der Waals surface area contributed by atoms with Crippen LogP contribution in [0.25, 0.3) is 0 Å². The van der Waals surface area contributed by atoms with Gasteiger partial charge < -0.3 is 25.3 Å². The van der Waals surface area contributed by atoms with Crippen LogP contribution in [-0.2, 0) is 4.74 Å². The summed E-state index contributed by atoms with van der Waals surface area (Å²) >= 11 is 0. The number of carbonyl (C=O) groups is 1. The number of nitrogens with two attached hydrogens (primary N) is 1. The maximum Gasteiger partial charge on any atom is 0.259 e. The van der Waals surface area contributed by atoms with Gasteiger partial charge in [0.2, 0.25) is 0 Å². The number of para-hydroxylation sites is 1. The number of methoxy groups -OCH3 is 2. The number of hydrogen-bond donors (Lipinski definition) is 2. The van der Waals surface area contributed by atoms with E-state index in [0.29, 0.717) is 41.7 Å². The summed E-state index contributed by atoms with van der Waals surface area (Å²) in [5, 5.41) is 2.79. The second kappa shape index (κ2) is 8.05. The van der Waals surface area contributed by atoms with Crippen LogP contribution in [0, 0.1) is 0 Å². The van der Waals surface area contributed by atoms with Crippen LogP contribution in [0.4, 0.5) is 11.4 Å². The van der Waals surface area contributed by atoms with Crippen molar-refractivity contribution in [3.8, 4) is 11.5 Å². The van der Waals surface area contributed by atoms with Crippen molar-refractivity contribution >= 4 is 17.3 Å². The van der Waals surface area contributed by atoms with Gasteiger partial charge in [0.15, 0.2) is 0 Å². The van der Waals surface area contributed by atoms with Gasteiger partial charge >= 0.3 is 0 Å². The van der Waals surface area contributed by atoms with Crippen molar-refractivity contribution in [2.24, 2.45) is 0 Å². The third-order valence-electron chi connectivity index (χ3n) is 3.15. The Kier molecular flexibility index (Phi) is 5.82. The van der Waals surface area contributed by atoms with E-state index in [2.05, 4.69) is 5.32 Å². The lowest BCUT2D eigenvalue weighted by Gasteiger charge is -2.13. The largest absolute Gasteiger partial charge is 0.495 e. The zero-order valence-electron chi connectivity index (χ0n) is 13.2. The maximum atomic E-state index is 12.5. The molecule has 3 N–H and O–H groups in total. The van der Waals surface area contributed by atoms with Crippen LogP contribution in [0.3, 0.4) is 0 Å². The summed E-state index contributed by atoms with van der Waals surface area (Å²) in [4.78, 5) is 12.5. The van der Waals surface area contributed by atoms with Crippen molar-refractivity contribution < 1.29 is 19.0 Å². The van der Waals surface area contributed by atoms with Gasteiger partial charge in [-0.05, 0) is 30.3 Å². The van der Waals surface area contributed by atoms with Crippen LogP contribution in [0.1, 0.15) is 10.4 Å². The standard InChI is InChI=1S/C17H20N2O4/c1-21-9-10-23-15-6-4-3-5-13(15)17(20)19-14-11-12(18)7-8-16(14)22-2/h3-8,11H,9-10,18H2,1-2H3,(H,19,20). The number of ether oxygens (including phenoxy) is 3. The Morgan fingerprint density at radius 3 is 2.61 bits per heavy atom. The van der Waals surface area contributed by atoms with E-state index in [4.69, 9.17) is 19.9 Å². The minimum Gasteiger partial charge on any atom is -0.495 e. The van der Waals surface area contributed by atoms with Gasteiger partial charge in [0.05, 0.1) is 25.0 Å². The highest BCUT2D eigenvalue weighted by Gasteiger charge is 2.14. The minimum atomic E-state index is -0.304. The third-order valence-corrected chi connectivity index (χ3v) is 3.15. The molecule has 2 aromatic carbocycles. The number of amides is 1. The second-order valence-corrected chi connectivity index (χ2v) is 4.75. The molecule has 0 heterocycles. The minimum absolute atomic E-state index is 0.304. The first-order valence-electron chi connectivity index (χ1n) is 7.11. The summed E-state index contributed by atoms with van der Waals surface area (Å²) in [6.07, 6.45) is 0. The molecule has 0 aromatic heterocycles. The molecule has 0 bridgehead atoms. The molecule has 0 radical (unpaired) electrons. The van der Waals surface area contributed by atoms with Gasteiger partial charge in [-0.25, -0.2) is 0 Å². The molecule has 0 saturated carbocycles. The van der Waals surface area contributed by atoms with E-state index in [1.54, 1.807) is 49.6 Å². The van der Waals surface area contributed by atoms with Gasteiger partial charge in [-0.15, -0.1) is 0 Å². The summed E-state index contributed by atoms with van der Waals surface area (Å²) in [5.41, 5.74) is 7.22. The molecule has 0 aliphatic heterocycles. The Morgan fingerprint density at radius 2 is 1.87 bits per heavy atom. The fourth-order valence-corrected chi connectivity index (χ4v) is 2.03. The smallest absolute Gasteiger partial charge is 0.259 e. The molecule has 0 spiro atoms. The SMILES string of the molecule is COCCOc1ccccc1C(=O)Nc1cc(N)ccc1OC. The summed E-state index contributed by atoms with van der Waals surface area (Å²) in [5.74, 6) is 0.720. The summed E-state index contributed by atoms with van der Waals surface area (Å²) in [6.45, 7) is 0.807. The molecule has 0 unspecified atom stereocenters. The molecule has 2 rings (SSSR count). The molecule has 1 amide bonds. The highest BCUT2D eigenvalue weighted by Crippen LogP contribution is 2.28. The van der Waals surface area contributed by atoms with Gasteiger partial charge in [-0.1, -0.05) is 12.1 Å². The van der Waals surface area contributed by atoms with Crippen LogP contribution in [-0.4, -0.2) is 33.3 Å². The van der Waals surface area contributed by atoms with E-state index >= 15 is 0 Å². The van der Waals surface area contributed by atoms with Crippen LogP contribution in [0.2, 0.25) is 0 Å². The van der Waals surface area contributed by atoms with E-state index in [1.165, 1.54) is 7.11 Å². The fourth-order valence-electron chi connectivity index (χ4n) is 2.03. The zero-order valence-corrected chi connectivity index (χ0v) is 13.2. The van der Waals surface area contributed by atoms with Gasteiger partial charge in [-0.2, -0.15) is 0 Å². The van der Waals surface area contributed by atoms with Crippen LogP contribution in [0.15, 0.2) is 42.5 Å². The summed E-state index contributed by atoms with van der Waals surface area (Å²) in [6, 6.07) is 12.1. The lowest BCUT2D eigenvalue weighted by Crippen LogP contribution is -2.15. The molecule has 6 nitrogen and oxygen atoms in total. The van der Waals surface area contributed by atoms with Gasteiger partial charge in [0.1, 0.15) is 18.1 Å². The first-order chi connectivity index (χ1) is 11.2. The number of nitrogens with one attached hydrogen (secondary N) is 1. The Hall–Kier alpha value is -2.73. The van der Waals surface area contributed by atoms with Crippen molar-refractivity contribution in [1.29, 1.82) is 0 Å². The predicted octanol–water partition coefficient (Wildman–Crippen LogP) is 2.55. The molecule has 0 aliphatic carbocycles. The molecule has 0 fully saturated rings. The highest BCUT2D eigenvalue weighted by atomic mass is 16.5. The number of nitrogen functional groups attached to an aromatic ring is 1. The van der Waals surface area contributed by atoms with E-state index < -0.39 is 0 Å². The predicted molar refractivity (Wildman–Crippen MR) is 89.2 cm³/mol. The van der Waals surface area contributed by atoms with Crippen LogP contribution >= 0.6 is 0 Å². The fraction of sp³-hybridized carbons (Fsp3) is 0.235. The van der Waals surface area contributed by atoms with Crippen molar-refractivity contribution in [3.05, 3.63) is 48.0 Å². The maximum absolute atomic E-state index is 12.5. The highest BCUT2D eigenvalue weighted by molar-refractivity contribution is 6.07. The number of anilines is 2. The lowest BCUT2D eigenvalue weighted by atomic mass is 10.1. The molecule has 6 heteroatoms. The van der Waals surface area contributed by atoms with Gasteiger partial charge in [-0.3, -0.25) is 4.79 Å². The average Bonchev–Trinajstić information content (AvgIpc) is 2.56. The Bertz CT molecular complexity index is 673. The first kappa shape index (κ1) is 16.6. The molecule has 122 valence electrons. The van der Waals surface area contributed by atoms with Crippen molar-refractivity contribution in [2.75, 3.05) is 38.5 Å². The van der Waals surface area contributed by atoms with Gasteiger partial charge in [0, 0.05) is 12.8 Å². The number of hydrogen-bond acceptors (Lipinski definition) is 5. The van der Waals surface area contributed by atoms with Crippen molar-refractivity contribution in [3.63, 3.8) is 0 Å². The second-order valence-electron chi connectivity index (χ2n) is 4.75. The number of benzene rings is 2. The van der Waals surface area contributed by atoms with Gasteiger partial charge in [0.25, 0.3) is 5.91 Å². The van der Waals surface area contributed by atoms with E-state index in [1.807, 2.05) is 0 Å². The molecule has 2 aromatic rings. The molecule has 0 aliphatic rings. The zero-order chi connectivity index (χ0) is 16.7. The Labute approximate surface area is 135 Å². The molecular formula is C17H20N2O4. The Balaban J connectivity index is 2.19. The van der Waals surface area contributed by atoms with Crippen molar-refractivity contribution in [2.45, 2.75) is 0 Å². The molecule has 23 heavy (non-hydrogen) atoms. The number of carbonyl (C=O) groups excluding carboxylic acids is 1.